The molecular weight excluding hydrogens is 276 g/mol. The van der Waals surface area contributed by atoms with Gasteiger partial charge in [0.05, 0.1) is 17.8 Å². The second-order valence-electron chi connectivity index (χ2n) is 4.24. The highest BCUT2D eigenvalue weighted by Gasteiger charge is 2.31. The molecule has 0 aliphatic heterocycles. The molecule has 2 aromatic rings. The average Bonchev–Trinajstić information content (AvgIpc) is 2.35. The van der Waals surface area contributed by atoms with Crippen LogP contribution in [-0.2, 0) is 12.7 Å². The van der Waals surface area contributed by atoms with E-state index in [1.807, 2.05) is 0 Å². The largest absolute Gasteiger partial charge is 0.417 e. The van der Waals surface area contributed by atoms with Gasteiger partial charge in [-0.05, 0) is 23.8 Å². The third-order valence-electron chi connectivity index (χ3n) is 2.73. The van der Waals surface area contributed by atoms with Crippen molar-refractivity contribution >= 4 is 5.69 Å². The van der Waals surface area contributed by atoms with E-state index in [0.29, 0.717) is 17.8 Å². The van der Waals surface area contributed by atoms with Crippen LogP contribution in [0.4, 0.5) is 23.2 Å². The molecule has 1 aromatic carbocycles. The van der Waals surface area contributed by atoms with E-state index in [1.165, 1.54) is 12.1 Å². The molecule has 20 heavy (non-hydrogen) atoms. The molecule has 0 saturated carbocycles. The van der Waals surface area contributed by atoms with E-state index in [2.05, 4.69) is 0 Å². The average molecular weight is 286 g/mol. The number of hydrogen-bond donors (Lipinski definition) is 1. The van der Waals surface area contributed by atoms with Crippen molar-refractivity contribution in [2.45, 2.75) is 12.7 Å². The molecule has 0 fully saturated rings. The number of benzene rings is 1. The number of nitrogens with zero attached hydrogens (tertiary/aromatic N) is 1. The van der Waals surface area contributed by atoms with Crippen LogP contribution in [0.1, 0.15) is 11.1 Å². The summed E-state index contributed by atoms with van der Waals surface area (Å²) in [5.41, 5.74) is 4.04. The molecule has 106 valence electrons. The lowest BCUT2D eigenvalue weighted by Gasteiger charge is -2.11. The van der Waals surface area contributed by atoms with E-state index >= 15 is 0 Å². The molecule has 0 amide bonds. The van der Waals surface area contributed by atoms with Crippen LogP contribution in [0.15, 0.2) is 41.3 Å². The first-order valence-electron chi connectivity index (χ1n) is 5.59. The van der Waals surface area contributed by atoms with Gasteiger partial charge in [0.25, 0.3) is 5.56 Å². The van der Waals surface area contributed by atoms with Gasteiger partial charge in [-0.1, -0.05) is 6.07 Å². The number of nitrogen functional groups attached to an aromatic ring is 1. The first-order valence-corrected chi connectivity index (χ1v) is 5.59. The lowest BCUT2D eigenvalue weighted by atomic mass is 10.2. The molecule has 7 heteroatoms. The number of aromatic nitrogens is 1. The van der Waals surface area contributed by atoms with Crippen LogP contribution in [-0.4, -0.2) is 4.57 Å². The number of alkyl halides is 3. The number of pyridine rings is 1. The summed E-state index contributed by atoms with van der Waals surface area (Å²) in [6.45, 7) is -0.167. The van der Waals surface area contributed by atoms with Gasteiger partial charge < -0.3 is 10.3 Å². The van der Waals surface area contributed by atoms with Crippen LogP contribution >= 0.6 is 0 Å². The van der Waals surface area contributed by atoms with Gasteiger partial charge in [-0.15, -0.1) is 0 Å². The topological polar surface area (TPSA) is 48.0 Å². The minimum Gasteiger partial charge on any atom is -0.396 e. The highest BCUT2D eigenvalue weighted by Crippen LogP contribution is 2.28. The van der Waals surface area contributed by atoms with Gasteiger partial charge in [-0.3, -0.25) is 4.79 Å². The monoisotopic (exact) mass is 286 g/mol. The summed E-state index contributed by atoms with van der Waals surface area (Å²) in [5.74, 6) is -0.678. The second kappa shape index (κ2) is 4.99. The fourth-order valence-corrected chi connectivity index (χ4v) is 1.69. The van der Waals surface area contributed by atoms with Crippen LogP contribution < -0.4 is 11.3 Å². The Bertz CT molecular complexity index is 692. The minimum absolute atomic E-state index is 0.0647. The summed E-state index contributed by atoms with van der Waals surface area (Å²) in [7, 11) is 0. The molecule has 0 spiro atoms. The van der Waals surface area contributed by atoms with Crippen molar-refractivity contribution in [2.24, 2.45) is 0 Å². The zero-order valence-electron chi connectivity index (χ0n) is 10.1. The number of anilines is 1. The number of hydrogen-bond acceptors (Lipinski definition) is 2. The van der Waals surface area contributed by atoms with Crippen LogP contribution in [0.2, 0.25) is 0 Å². The third kappa shape index (κ3) is 2.98. The van der Waals surface area contributed by atoms with E-state index in [1.54, 1.807) is 0 Å². The first-order chi connectivity index (χ1) is 9.27. The maximum absolute atomic E-state index is 13.3. The van der Waals surface area contributed by atoms with Crippen molar-refractivity contribution < 1.29 is 17.6 Å². The summed E-state index contributed by atoms with van der Waals surface area (Å²) in [4.78, 5) is 11.5. The third-order valence-corrected chi connectivity index (χ3v) is 2.73. The highest BCUT2D eigenvalue weighted by atomic mass is 19.4. The van der Waals surface area contributed by atoms with E-state index in [4.69, 9.17) is 5.73 Å². The SMILES string of the molecule is Nc1ccc(Cn2cc(C(F)(F)F)ccc2=O)cc1F. The summed E-state index contributed by atoms with van der Waals surface area (Å²) in [5, 5.41) is 0. The van der Waals surface area contributed by atoms with Crippen LogP contribution in [0.5, 0.6) is 0 Å². The Balaban J connectivity index is 2.38. The normalized spacial score (nSPS) is 11.6. The molecule has 1 heterocycles. The molecular formula is C13H10F4N2O. The fourth-order valence-electron chi connectivity index (χ4n) is 1.69. The van der Waals surface area contributed by atoms with Gasteiger partial charge in [0, 0.05) is 12.3 Å². The quantitative estimate of drug-likeness (QED) is 0.681. The van der Waals surface area contributed by atoms with Gasteiger partial charge in [-0.25, -0.2) is 4.39 Å². The Morgan fingerprint density at radius 2 is 1.85 bits per heavy atom. The van der Waals surface area contributed by atoms with Crippen molar-refractivity contribution in [1.82, 2.24) is 4.57 Å². The van der Waals surface area contributed by atoms with Crippen LogP contribution in [0.25, 0.3) is 0 Å². The van der Waals surface area contributed by atoms with Crippen LogP contribution in [0.3, 0.4) is 0 Å². The van der Waals surface area contributed by atoms with Crippen LogP contribution in [0, 0.1) is 5.82 Å². The summed E-state index contributed by atoms with van der Waals surface area (Å²) >= 11 is 0. The molecule has 0 radical (unpaired) electrons. The molecule has 2 rings (SSSR count). The molecule has 0 aliphatic rings. The van der Waals surface area contributed by atoms with Gasteiger partial charge >= 0.3 is 6.18 Å². The van der Waals surface area contributed by atoms with Crippen molar-refractivity contribution in [2.75, 3.05) is 5.73 Å². The van der Waals surface area contributed by atoms with Gasteiger partial charge in [0.2, 0.25) is 0 Å². The summed E-state index contributed by atoms with van der Waals surface area (Å²) in [6.07, 6.45) is -3.83. The number of halogens is 4. The van der Waals surface area contributed by atoms with Crippen molar-refractivity contribution in [1.29, 1.82) is 0 Å². The Labute approximate surface area is 111 Å². The van der Waals surface area contributed by atoms with E-state index in [9.17, 15) is 22.4 Å². The van der Waals surface area contributed by atoms with Crippen molar-refractivity contribution in [3.05, 3.63) is 63.8 Å². The molecule has 3 nitrogen and oxygen atoms in total. The minimum atomic E-state index is -4.54. The Hall–Kier alpha value is -2.31. The Morgan fingerprint density at radius 3 is 2.45 bits per heavy atom. The van der Waals surface area contributed by atoms with Gasteiger partial charge in [0.15, 0.2) is 0 Å². The van der Waals surface area contributed by atoms with Gasteiger partial charge in [0.1, 0.15) is 5.82 Å². The standard InChI is InChI=1S/C13H10F4N2O/c14-10-5-8(1-3-11(10)18)6-19-7-9(13(15,16)17)2-4-12(19)20/h1-5,7H,6,18H2. The maximum atomic E-state index is 13.3. The van der Waals surface area contributed by atoms with Crippen molar-refractivity contribution in [3.8, 4) is 0 Å². The lowest BCUT2D eigenvalue weighted by molar-refractivity contribution is -0.138. The molecule has 0 aliphatic carbocycles. The van der Waals surface area contributed by atoms with E-state index in [0.717, 1.165) is 16.7 Å². The zero-order valence-corrected chi connectivity index (χ0v) is 10.1. The molecule has 0 unspecified atom stereocenters. The maximum Gasteiger partial charge on any atom is 0.417 e. The van der Waals surface area contributed by atoms with E-state index < -0.39 is 23.1 Å². The highest BCUT2D eigenvalue weighted by molar-refractivity contribution is 5.41. The predicted molar refractivity (Wildman–Crippen MR) is 65.6 cm³/mol. The Kier molecular flexibility index (Phi) is 3.52. The fraction of sp³-hybridized carbons (Fsp3) is 0.154. The lowest BCUT2D eigenvalue weighted by Crippen LogP contribution is -2.22. The van der Waals surface area contributed by atoms with Gasteiger partial charge in [-0.2, -0.15) is 13.2 Å². The van der Waals surface area contributed by atoms with E-state index in [-0.39, 0.29) is 12.2 Å². The molecule has 0 atom stereocenters. The molecule has 0 bridgehead atoms. The predicted octanol–water partition coefficient (Wildman–Crippen LogP) is 2.64. The molecule has 0 saturated heterocycles. The summed E-state index contributed by atoms with van der Waals surface area (Å²) < 4.78 is 51.8. The molecule has 1 aromatic heterocycles. The summed E-state index contributed by atoms with van der Waals surface area (Å²) in [6, 6.07) is 5.37. The molecule has 2 N–H and O–H groups in total. The first kappa shape index (κ1) is 14.1. The number of nitrogens with two attached hydrogens (primary N) is 1. The zero-order chi connectivity index (χ0) is 14.9. The number of rotatable bonds is 2. The smallest absolute Gasteiger partial charge is 0.396 e. The Morgan fingerprint density at radius 1 is 1.15 bits per heavy atom. The second-order valence-corrected chi connectivity index (χ2v) is 4.24. The van der Waals surface area contributed by atoms with Crippen molar-refractivity contribution in [3.63, 3.8) is 0 Å².